The largest absolute Gasteiger partial charge is 0.365 e. The van der Waals surface area contributed by atoms with Crippen LogP contribution < -0.4 is 10.8 Å². The van der Waals surface area contributed by atoms with Crippen molar-refractivity contribution >= 4 is 11.8 Å². The number of carbonyl (C=O) groups is 2. The second-order valence-electron chi connectivity index (χ2n) is 7.54. The maximum absolute atomic E-state index is 13.4. The van der Waals surface area contributed by atoms with E-state index < -0.39 is 11.5 Å². The molecule has 3 N–H and O–H groups in total. The van der Waals surface area contributed by atoms with Gasteiger partial charge >= 0.3 is 0 Å². The Morgan fingerprint density at radius 2 is 1.72 bits per heavy atom. The smallest absolute Gasteiger partial charge is 0.274 e. The monoisotopic (exact) mass is 435 g/mol. The molecule has 4 rings (SSSR count). The third-order valence-electron chi connectivity index (χ3n) is 5.57. The van der Waals surface area contributed by atoms with Crippen molar-refractivity contribution in [3.8, 4) is 0 Å². The van der Waals surface area contributed by atoms with Crippen LogP contribution in [0.15, 0.2) is 66.9 Å². The summed E-state index contributed by atoms with van der Waals surface area (Å²) in [6.07, 6.45) is 3.25. The molecule has 164 valence electrons. The van der Waals surface area contributed by atoms with Gasteiger partial charge in [0.25, 0.3) is 11.8 Å². The fourth-order valence-electron chi connectivity index (χ4n) is 3.86. The molecular weight excluding hydrogens is 413 g/mol. The van der Waals surface area contributed by atoms with Crippen LogP contribution in [0.25, 0.3) is 0 Å². The Bertz CT molecular complexity index is 1090. The molecule has 1 fully saturated rings. The number of rotatable bonds is 6. The van der Waals surface area contributed by atoms with Crippen molar-refractivity contribution < 1.29 is 23.9 Å². The van der Waals surface area contributed by atoms with Gasteiger partial charge in [0, 0.05) is 30.5 Å². The van der Waals surface area contributed by atoms with Crippen molar-refractivity contribution in [2.45, 2.75) is 25.0 Å². The molecule has 1 atom stereocenters. The second-order valence-corrected chi connectivity index (χ2v) is 7.54. The molecule has 32 heavy (non-hydrogen) atoms. The average molecular weight is 435 g/mol. The quantitative estimate of drug-likeness (QED) is 0.407. The normalized spacial score (nSPS) is 17.7. The first-order valence-electron chi connectivity index (χ1n) is 10.2. The molecule has 3 aromatic rings. The molecule has 0 aliphatic carbocycles. The molecule has 1 aliphatic rings. The van der Waals surface area contributed by atoms with Crippen molar-refractivity contribution in [1.29, 1.82) is 0 Å². The Balaban J connectivity index is 1.45. The van der Waals surface area contributed by atoms with Gasteiger partial charge in [-0.05, 0) is 54.3 Å². The predicted octanol–water partition coefficient (Wildman–Crippen LogP) is 3.32. The molecule has 0 radical (unpaired) electrons. The van der Waals surface area contributed by atoms with Crippen molar-refractivity contribution in [2.24, 2.45) is 0 Å². The molecule has 0 bridgehead atoms. The lowest BCUT2D eigenvalue weighted by molar-refractivity contribution is 0.0356. The van der Waals surface area contributed by atoms with Gasteiger partial charge in [0.15, 0.2) is 0 Å². The molecule has 1 aliphatic heterocycles. The van der Waals surface area contributed by atoms with E-state index in [4.69, 9.17) is 9.94 Å². The van der Waals surface area contributed by atoms with Gasteiger partial charge in [-0.25, -0.2) is 9.87 Å². The van der Waals surface area contributed by atoms with Gasteiger partial charge in [-0.15, -0.1) is 0 Å². The van der Waals surface area contributed by atoms with Crippen LogP contribution in [-0.2, 0) is 16.9 Å². The van der Waals surface area contributed by atoms with Crippen LogP contribution >= 0.6 is 0 Å². The molecule has 0 spiro atoms. The first-order chi connectivity index (χ1) is 15.5. The average Bonchev–Trinajstić information content (AvgIpc) is 3.34. The lowest BCUT2D eigenvalue weighted by Gasteiger charge is -2.29. The Hall–Kier alpha value is -3.62. The van der Waals surface area contributed by atoms with Crippen molar-refractivity contribution in [3.05, 3.63) is 101 Å². The molecule has 2 amide bonds. The van der Waals surface area contributed by atoms with Gasteiger partial charge < -0.3 is 10.1 Å². The van der Waals surface area contributed by atoms with E-state index in [0.29, 0.717) is 12.2 Å². The van der Waals surface area contributed by atoms with Gasteiger partial charge in [0.2, 0.25) is 0 Å². The number of benzene rings is 2. The maximum atomic E-state index is 13.4. The number of ether oxygens (including phenoxy) is 1. The highest BCUT2D eigenvalue weighted by molar-refractivity contribution is 5.93. The first-order valence-corrected chi connectivity index (χ1v) is 10.2. The Morgan fingerprint density at radius 1 is 1.00 bits per heavy atom. The molecule has 1 saturated heterocycles. The molecular formula is C24H22FN3O4. The van der Waals surface area contributed by atoms with Gasteiger partial charge in [-0.1, -0.05) is 30.3 Å². The lowest BCUT2D eigenvalue weighted by Crippen LogP contribution is -2.28. The van der Waals surface area contributed by atoms with Gasteiger partial charge in [-0.2, -0.15) is 0 Å². The summed E-state index contributed by atoms with van der Waals surface area (Å²) < 4.78 is 19.5. The van der Waals surface area contributed by atoms with Crippen LogP contribution in [0.2, 0.25) is 0 Å². The zero-order chi connectivity index (χ0) is 22.6. The lowest BCUT2D eigenvalue weighted by atomic mass is 9.84. The zero-order valence-electron chi connectivity index (χ0n) is 17.2. The number of hydrogen-bond acceptors (Lipinski definition) is 5. The molecule has 2 aromatic carbocycles. The summed E-state index contributed by atoms with van der Waals surface area (Å²) in [5.41, 5.74) is 3.91. The fourth-order valence-corrected chi connectivity index (χ4v) is 3.86. The summed E-state index contributed by atoms with van der Waals surface area (Å²) in [5.74, 6) is -1.25. The van der Waals surface area contributed by atoms with Crippen LogP contribution in [-0.4, -0.2) is 28.6 Å². The van der Waals surface area contributed by atoms with E-state index in [0.717, 1.165) is 29.5 Å². The highest BCUT2D eigenvalue weighted by atomic mass is 19.1. The van der Waals surface area contributed by atoms with E-state index >= 15 is 0 Å². The number of aromatic nitrogens is 1. The van der Waals surface area contributed by atoms with Crippen molar-refractivity contribution in [3.63, 3.8) is 0 Å². The number of nitrogens with zero attached hydrogens (tertiary/aromatic N) is 1. The summed E-state index contributed by atoms with van der Waals surface area (Å²) in [5, 5.41) is 11.4. The van der Waals surface area contributed by atoms with Crippen LogP contribution in [0.1, 0.15) is 50.4 Å². The standard InChI is InChI=1S/C24H22FN3O4/c25-20-9-6-18(7-10-20)24(12-1-13-32-24)19-8-11-21(26-15-19)23(30)27-14-16-2-4-17(5-3-16)22(29)28-31/h2-11,15,31H,1,12-14H2,(H,27,30)(H,28,29). The van der Waals surface area contributed by atoms with E-state index in [9.17, 15) is 14.0 Å². The second kappa shape index (κ2) is 9.25. The van der Waals surface area contributed by atoms with Crippen molar-refractivity contribution in [1.82, 2.24) is 15.8 Å². The Labute approximate surface area is 184 Å². The SMILES string of the molecule is O=C(NO)c1ccc(CNC(=O)c2ccc(C3(c4ccc(F)cc4)CCCO3)cn2)cc1. The highest BCUT2D eigenvalue weighted by Crippen LogP contribution is 2.42. The molecule has 8 heteroatoms. The zero-order valence-corrected chi connectivity index (χ0v) is 17.2. The van der Waals surface area contributed by atoms with Crippen molar-refractivity contribution in [2.75, 3.05) is 6.61 Å². The minimum Gasteiger partial charge on any atom is -0.365 e. The third kappa shape index (κ3) is 4.37. The number of pyridine rings is 1. The number of nitrogens with one attached hydrogen (secondary N) is 2. The van der Waals surface area contributed by atoms with Gasteiger partial charge in [0.1, 0.15) is 17.1 Å². The summed E-state index contributed by atoms with van der Waals surface area (Å²) in [7, 11) is 0. The van der Waals surface area contributed by atoms with Crippen LogP contribution in [0.3, 0.4) is 0 Å². The molecule has 2 heterocycles. The maximum Gasteiger partial charge on any atom is 0.274 e. The molecule has 1 unspecified atom stereocenters. The Morgan fingerprint density at radius 3 is 2.31 bits per heavy atom. The number of carbonyl (C=O) groups excluding carboxylic acids is 2. The number of amides is 2. The fraction of sp³-hybridized carbons (Fsp3) is 0.208. The van der Waals surface area contributed by atoms with Crippen LogP contribution in [0.5, 0.6) is 0 Å². The topological polar surface area (TPSA) is 101 Å². The minimum atomic E-state index is -0.696. The number of hydroxylamine groups is 1. The summed E-state index contributed by atoms with van der Waals surface area (Å²) in [6.45, 7) is 0.851. The summed E-state index contributed by atoms with van der Waals surface area (Å²) >= 11 is 0. The molecule has 1 aromatic heterocycles. The number of halogens is 1. The van der Waals surface area contributed by atoms with E-state index in [-0.39, 0.29) is 24.0 Å². The van der Waals surface area contributed by atoms with Crippen LogP contribution in [0.4, 0.5) is 4.39 Å². The van der Waals surface area contributed by atoms with Gasteiger partial charge in [-0.3, -0.25) is 19.8 Å². The van der Waals surface area contributed by atoms with E-state index in [1.54, 1.807) is 54.1 Å². The summed E-state index contributed by atoms with van der Waals surface area (Å²) in [6, 6.07) is 16.2. The third-order valence-corrected chi connectivity index (χ3v) is 5.57. The van der Waals surface area contributed by atoms with Gasteiger partial charge in [0.05, 0.1) is 0 Å². The predicted molar refractivity (Wildman–Crippen MR) is 113 cm³/mol. The Kier molecular flexibility index (Phi) is 6.25. The first kappa shape index (κ1) is 21.6. The molecule has 7 nitrogen and oxygen atoms in total. The highest BCUT2D eigenvalue weighted by Gasteiger charge is 2.39. The van der Waals surface area contributed by atoms with Crippen LogP contribution in [0, 0.1) is 5.82 Å². The van der Waals surface area contributed by atoms with E-state index in [2.05, 4.69) is 10.3 Å². The number of hydrogen-bond donors (Lipinski definition) is 3. The minimum absolute atomic E-state index is 0.256. The summed E-state index contributed by atoms with van der Waals surface area (Å²) in [4.78, 5) is 28.2. The van der Waals surface area contributed by atoms with E-state index in [1.165, 1.54) is 12.1 Å². The van der Waals surface area contributed by atoms with E-state index in [1.807, 2.05) is 6.07 Å². The molecule has 0 saturated carbocycles.